The van der Waals surface area contributed by atoms with E-state index in [9.17, 15) is 14.4 Å². The Morgan fingerprint density at radius 1 is 1.34 bits per heavy atom. The molecular weight excluding hydrogens is 392 g/mol. The van der Waals surface area contributed by atoms with Gasteiger partial charge in [0.15, 0.2) is 5.78 Å². The van der Waals surface area contributed by atoms with Gasteiger partial charge in [0.2, 0.25) is 16.9 Å². The topological polar surface area (TPSA) is 101 Å². The van der Waals surface area contributed by atoms with Crippen molar-refractivity contribution >= 4 is 34.1 Å². The molecule has 0 bridgehead atoms. The lowest BCUT2D eigenvalue weighted by Crippen LogP contribution is -2.46. The van der Waals surface area contributed by atoms with Crippen LogP contribution in [0.25, 0.3) is 0 Å². The van der Waals surface area contributed by atoms with E-state index in [0.29, 0.717) is 35.8 Å². The molecule has 1 aromatic carbocycles. The zero-order chi connectivity index (χ0) is 20.6. The Morgan fingerprint density at radius 2 is 2.17 bits per heavy atom. The zero-order valence-corrected chi connectivity index (χ0v) is 17.1. The summed E-state index contributed by atoms with van der Waals surface area (Å²) in [5, 5.41) is 10.6. The molecule has 1 aromatic heterocycles. The monoisotopic (exact) mass is 414 g/mol. The number of likely N-dealkylation sites (tertiary alicyclic amines) is 1. The molecule has 1 spiro atoms. The summed E-state index contributed by atoms with van der Waals surface area (Å²) in [5.74, 6) is 0.188. The van der Waals surface area contributed by atoms with Crippen LogP contribution in [-0.4, -0.2) is 50.9 Å². The highest BCUT2D eigenvalue weighted by atomic mass is 32.1. The summed E-state index contributed by atoms with van der Waals surface area (Å²) in [7, 11) is 0. The molecule has 2 atom stereocenters. The number of Topliss-reactive ketones (excluding diaryl/α,β-unsaturated/α-hetero) is 1. The summed E-state index contributed by atoms with van der Waals surface area (Å²) >= 11 is 1.22. The van der Waals surface area contributed by atoms with Gasteiger partial charge in [-0.05, 0) is 32.4 Å². The number of nitrogens with one attached hydrogen (secondary N) is 1. The second kappa shape index (κ2) is 7.55. The maximum atomic E-state index is 12.8. The second-order valence-electron chi connectivity index (χ2n) is 7.63. The molecule has 2 aromatic rings. The lowest BCUT2D eigenvalue weighted by molar-refractivity contribution is -0.137. The van der Waals surface area contributed by atoms with E-state index in [2.05, 4.69) is 15.5 Å². The van der Waals surface area contributed by atoms with E-state index in [1.807, 2.05) is 25.1 Å². The van der Waals surface area contributed by atoms with Crippen molar-refractivity contribution in [1.29, 1.82) is 0 Å². The number of ether oxygens (including phenoxy) is 1. The van der Waals surface area contributed by atoms with Crippen LogP contribution in [0, 0.1) is 6.92 Å². The number of carbonyl (C=O) groups is 3. The van der Waals surface area contributed by atoms with Crippen molar-refractivity contribution in [3.05, 3.63) is 34.8 Å². The molecule has 152 valence electrons. The maximum absolute atomic E-state index is 12.8. The van der Waals surface area contributed by atoms with Crippen molar-refractivity contribution in [2.75, 3.05) is 11.9 Å². The van der Waals surface area contributed by atoms with Crippen LogP contribution in [0.4, 0.5) is 5.13 Å². The van der Waals surface area contributed by atoms with E-state index < -0.39 is 11.6 Å². The van der Waals surface area contributed by atoms with Crippen LogP contribution in [0.5, 0.6) is 5.75 Å². The van der Waals surface area contributed by atoms with Crippen molar-refractivity contribution in [3.63, 3.8) is 0 Å². The quantitative estimate of drug-likeness (QED) is 0.828. The predicted octanol–water partition coefficient (Wildman–Crippen LogP) is 2.59. The fraction of sp³-hybridized carbons (Fsp3) is 0.450. The van der Waals surface area contributed by atoms with Gasteiger partial charge in [-0.15, -0.1) is 10.2 Å². The first-order valence-electron chi connectivity index (χ1n) is 9.56. The summed E-state index contributed by atoms with van der Waals surface area (Å²) in [5.41, 5.74) is 2.43. The number of nitrogens with zero attached hydrogens (tertiary/aromatic N) is 3. The van der Waals surface area contributed by atoms with Crippen LogP contribution in [0.2, 0.25) is 0 Å². The number of hydrogen-bond donors (Lipinski definition) is 1. The molecule has 0 aliphatic carbocycles. The van der Waals surface area contributed by atoms with Crippen molar-refractivity contribution < 1.29 is 19.1 Å². The zero-order valence-electron chi connectivity index (χ0n) is 16.3. The standard InChI is InChI=1S/C20H22N4O4S/c1-12-3-4-16-14(9-12)15(25)10-20(28-16)6-5-17(26)24(8-7-20)13(2)18(27)22-19-23-21-11-29-19/h3-4,9,11,13H,5-8,10H2,1-2H3,(H,22,23,27)/t13-,20+/m1/s1. The minimum atomic E-state index is -0.709. The number of anilines is 1. The highest BCUT2D eigenvalue weighted by molar-refractivity contribution is 7.13. The molecule has 4 rings (SSSR count). The normalized spacial score (nSPS) is 22.6. The molecule has 1 N–H and O–H groups in total. The highest BCUT2D eigenvalue weighted by Gasteiger charge is 2.44. The third-order valence-electron chi connectivity index (χ3n) is 5.60. The highest BCUT2D eigenvalue weighted by Crippen LogP contribution is 2.40. The lowest BCUT2D eigenvalue weighted by Gasteiger charge is -2.37. The van der Waals surface area contributed by atoms with Crippen molar-refractivity contribution in [1.82, 2.24) is 15.1 Å². The number of hydrogen-bond acceptors (Lipinski definition) is 7. The van der Waals surface area contributed by atoms with Crippen LogP contribution in [0.3, 0.4) is 0 Å². The van der Waals surface area contributed by atoms with E-state index in [4.69, 9.17) is 4.74 Å². The minimum Gasteiger partial charge on any atom is -0.486 e. The Labute approximate surface area is 172 Å². The number of carbonyl (C=O) groups excluding carboxylic acids is 3. The molecule has 9 heteroatoms. The first-order chi connectivity index (χ1) is 13.9. The molecule has 0 saturated carbocycles. The summed E-state index contributed by atoms with van der Waals surface area (Å²) in [6, 6.07) is 4.93. The molecule has 1 saturated heterocycles. The number of rotatable bonds is 3. The summed E-state index contributed by atoms with van der Waals surface area (Å²) in [6.45, 7) is 3.98. The van der Waals surface area contributed by atoms with Gasteiger partial charge in [-0.25, -0.2) is 0 Å². The van der Waals surface area contributed by atoms with Gasteiger partial charge < -0.3 is 9.64 Å². The van der Waals surface area contributed by atoms with Gasteiger partial charge in [-0.3, -0.25) is 19.7 Å². The van der Waals surface area contributed by atoms with Crippen LogP contribution in [-0.2, 0) is 9.59 Å². The largest absolute Gasteiger partial charge is 0.486 e. The van der Waals surface area contributed by atoms with Gasteiger partial charge in [-0.1, -0.05) is 23.0 Å². The molecule has 2 aliphatic heterocycles. The molecular formula is C20H22N4O4S. The average molecular weight is 414 g/mol. The van der Waals surface area contributed by atoms with E-state index in [-0.39, 0.29) is 30.4 Å². The van der Waals surface area contributed by atoms with Gasteiger partial charge in [0, 0.05) is 19.4 Å². The van der Waals surface area contributed by atoms with E-state index in [0.717, 1.165) is 5.56 Å². The molecule has 8 nitrogen and oxygen atoms in total. The Balaban J connectivity index is 1.49. The first kappa shape index (κ1) is 19.5. The number of amides is 2. The van der Waals surface area contributed by atoms with Gasteiger partial charge >= 0.3 is 0 Å². The maximum Gasteiger partial charge on any atom is 0.248 e. The predicted molar refractivity (Wildman–Crippen MR) is 107 cm³/mol. The third kappa shape index (κ3) is 3.87. The Morgan fingerprint density at radius 3 is 2.93 bits per heavy atom. The van der Waals surface area contributed by atoms with Crippen molar-refractivity contribution in [2.24, 2.45) is 0 Å². The second-order valence-corrected chi connectivity index (χ2v) is 8.46. The number of ketones is 1. The van der Waals surface area contributed by atoms with Crippen LogP contribution in [0.15, 0.2) is 23.7 Å². The van der Waals surface area contributed by atoms with E-state index in [1.54, 1.807) is 11.8 Å². The van der Waals surface area contributed by atoms with Gasteiger partial charge in [0.25, 0.3) is 0 Å². The van der Waals surface area contributed by atoms with Gasteiger partial charge in [0.05, 0.1) is 12.0 Å². The first-order valence-corrected chi connectivity index (χ1v) is 10.4. The molecule has 2 amide bonds. The van der Waals surface area contributed by atoms with Crippen molar-refractivity contribution in [3.8, 4) is 5.75 Å². The number of aryl methyl sites for hydroxylation is 1. The SMILES string of the molecule is Cc1ccc2c(c1)C(=O)C[C@@]1(CCC(=O)N([C@H](C)C(=O)Nc3nncs3)CC1)O2. The third-order valence-corrected chi connectivity index (χ3v) is 6.21. The van der Waals surface area contributed by atoms with E-state index in [1.165, 1.54) is 16.8 Å². The molecule has 1 fully saturated rings. The van der Waals surface area contributed by atoms with Crippen LogP contribution >= 0.6 is 11.3 Å². The number of benzene rings is 1. The summed E-state index contributed by atoms with van der Waals surface area (Å²) in [6.07, 6.45) is 1.42. The molecule has 29 heavy (non-hydrogen) atoms. The van der Waals surface area contributed by atoms with Gasteiger partial charge in [-0.2, -0.15) is 0 Å². The van der Waals surface area contributed by atoms with Crippen molar-refractivity contribution in [2.45, 2.75) is 51.2 Å². The van der Waals surface area contributed by atoms with Gasteiger partial charge in [0.1, 0.15) is 22.9 Å². The summed E-state index contributed by atoms with van der Waals surface area (Å²) < 4.78 is 6.27. The molecule has 2 aliphatic rings. The molecule has 0 unspecified atom stereocenters. The van der Waals surface area contributed by atoms with E-state index >= 15 is 0 Å². The fourth-order valence-corrected chi connectivity index (χ4v) is 4.38. The molecule has 3 heterocycles. The van der Waals surface area contributed by atoms with Crippen LogP contribution < -0.4 is 10.1 Å². The lowest BCUT2D eigenvalue weighted by atomic mass is 9.84. The Bertz CT molecular complexity index is 961. The smallest absolute Gasteiger partial charge is 0.248 e. The van der Waals surface area contributed by atoms with Crippen LogP contribution in [0.1, 0.15) is 48.5 Å². The fourth-order valence-electron chi connectivity index (χ4n) is 3.93. The Hall–Kier alpha value is -2.81. The number of aromatic nitrogens is 2. The number of fused-ring (bicyclic) bond motifs is 1. The summed E-state index contributed by atoms with van der Waals surface area (Å²) in [4.78, 5) is 39.6. The molecule has 0 radical (unpaired) electrons. The minimum absolute atomic E-state index is 0.0397. The Kier molecular flexibility index (Phi) is 5.08. The average Bonchev–Trinajstić information content (AvgIpc) is 3.14.